The van der Waals surface area contributed by atoms with Crippen LogP contribution in [0.3, 0.4) is 0 Å². The summed E-state index contributed by atoms with van der Waals surface area (Å²) in [6, 6.07) is 0.788. The van der Waals surface area contributed by atoms with Crippen molar-refractivity contribution in [2.24, 2.45) is 5.92 Å². The van der Waals surface area contributed by atoms with Crippen LogP contribution < -0.4 is 10.6 Å². The Balaban J connectivity index is 2.16. The number of hydrogen-bond donors (Lipinski definition) is 2. The lowest BCUT2D eigenvalue weighted by Gasteiger charge is -2.34. The molecule has 112 valence electrons. The Labute approximate surface area is 118 Å². The highest BCUT2D eigenvalue weighted by Crippen LogP contribution is 2.18. The van der Waals surface area contributed by atoms with E-state index < -0.39 is 0 Å². The molecule has 1 saturated heterocycles. The summed E-state index contributed by atoms with van der Waals surface area (Å²) < 4.78 is 0. The number of carbonyl (C=O) groups is 1. The zero-order valence-corrected chi connectivity index (χ0v) is 13.0. The molecule has 0 aromatic carbocycles. The second-order valence-electron chi connectivity index (χ2n) is 6.03. The number of amides is 1. The van der Waals surface area contributed by atoms with Crippen molar-refractivity contribution < 1.29 is 4.79 Å². The largest absolute Gasteiger partial charge is 0.354 e. The van der Waals surface area contributed by atoms with E-state index in [0.717, 1.165) is 18.9 Å². The predicted octanol–water partition coefficient (Wildman–Crippen LogP) is 1.61. The summed E-state index contributed by atoms with van der Waals surface area (Å²) in [4.78, 5) is 14.1. The van der Waals surface area contributed by atoms with Crippen LogP contribution >= 0.6 is 0 Å². The number of hydrogen-bond acceptors (Lipinski definition) is 3. The Morgan fingerprint density at radius 3 is 2.79 bits per heavy atom. The molecule has 0 aromatic rings. The van der Waals surface area contributed by atoms with E-state index in [-0.39, 0.29) is 11.9 Å². The average molecular weight is 269 g/mol. The van der Waals surface area contributed by atoms with Gasteiger partial charge in [-0.05, 0) is 52.6 Å². The number of carbonyl (C=O) groups excluding carboxylic acids is 1. The van der Waals surface area contributed by atoms with Gasteiger partial charge in [0.1, 0.15) is 0 Å². The smallest absolute Gasteiger partial charge is 0.221 e. The molecule has 0 aromatic heterocycles. The van der Waals surface area contributed by atoms with Gasteiger partial charge in [-0.3, -0.25) is 4.79 Å². The number of nitrogens with zero attached hydrogens (tertiary/aromatic N) is 1. The van der Waals surface area contributed by atoms with Gasteiger partial charge in [0.25, 0.3) is 0 Å². The van der Waals surface area contributed by atoms with E-state index in [1.165, 1.54) is 25.9 Å². The van der Waals surface area contributed by atoms with Gasteiger partial charge in [0.05, 0.1) is 0 Å². The van der Waals surface area contributed by atoms with Crippen LogP contribution in [-0.2, 0) is 4.79 Å². The van der Waals surface area contributed by atoms with Gasteiger partial charge >= 0.3 is 0 Å². The third-order valence-corrected chi connectivity index (χ3v) is 4.21. The van der Waals surface area contributed by atoms with Crippen molar-refractivity contribution in [1.82, 2.24) is 15.5 Å². The van der Waals surface area contributed by atoms with E-state index >= 15 is 0 Å². The maximum absolute atomic E-state index is 11.7. The minimum Gasteiger partial charge on any atom is -0.354 e. The van der Waals surface area contributed by atoms with Crippen LogP contribution in [0.4, 0.5) is 0 Å². The summed E-state index contributed by atoms with van der Waals surface area (Å²) in [6.07, 6.45) is 4.17. The highest BCUT2D eigenvalue weighted by atomic mass is 16.1. The van der Waals surface area contributed by atoms with Gasteiger partial charge < -0.3 is 15.5 Å². The molecule has 0 spiro atoms. The van der Waals surface area contributed by atoms with Crippen LogP contribution in [0, 0.1) is 5.92 Å². The highest BCUT2D eigenvalue weighted by molar-refractivity contribution is 5.76. The molecule has 1 aliphatic rings. The van der Waals surface area contributed by atoms with Gasteiger partial charge in [-0.2, -0.15) is 0 Å². The molecule has 0 bridgehead atoms. The third kappa shape index (κ3) is 6.39. The summed E-state index contributed by atoms with van der Waals surface area (Å²) in [5.41, 5.74) is 0. The SMILES string of the molecule is CCC(C)NC(=O)CCNC(C)C1CCCN(C)C1. The van der Waals surface area contributed by atoms with Crippen molar-refractivity contribution >= 4 is 5.91 Å². The van der Waals surface area contributed by atoms with E-state index in [1.54, 1.807) is 0 Å². The summed E-state index contributed by atoms with van der Waals surface area (Å²) in [7, 11) is 2.19. The van der Waals surface area contributed by atoms with E-state index in [1.807, 2.05) is 6.92 Å². The van der Waals surface area contributed by atoms with Crippen LogP contribution in [0.2, 0.25) is 0 Å². The van der Waals surface area contributed by atoms with Crippen LogP contribution in [0.25, 0.3) is 0 Å². The molecule has 1 heterocycles. The molecule has 2 N–H and O–H groups in total. The molecule has 1 aliphatic heterocycles. The zero-order valence-electron chi connectivity index (χ0n) is 13.0. The summed E-state index contributed by atoms with van der Waals surface area (Å²) in [5, 5.41) is 6.51. The van der Waals surface area contributed by atoms with Crippen molar-refractivity contribution in [2.45, 2.75) is 58.5 Å². The number of rotatable bonds is 7. The summed E-state index contributed by atoms with van der Waals surface area (Å²) in [6.45, 7) is 9.56. The minimum absolute atomic E-state index is 0.162. The highest BCUT2D eigenvalue weighted by Gasteiger charge is 2.22. The molecule has 0 aliphatic carbocycles. The molecule has 19 heavy (non-hydrogen) atoms. The lowest BCUT2D eigenvalue weighted by atomic mass is 9.92. The number of likely N-dealkylation sites (tertiary alicyclic amines) is 1. The van der Waals surface area contributed by atoms with E-state index in [4.69, 9.17) is 0 Å². The first-order chi connectivity index (χ1) is 9.02. The molecular weight excluding hydrogens is 238 g/mol. The monoisotopic (exact) mass is 269 g/mol. The molecule has 1 fully saturated rings. The molecular formula is C15H31N3O. The lowest BCUT2D eigenvalue weighted by Crippen LogP contribution is -2.44. The summed E-state index contributed by atoms with van der Waals surface area (Å²) >= 11 is 0. The Morgan fingerprint density at radius 1 is 1.42 bits per heavy atom. The molecule has 3 atom stereocenters. The second kappa shape index (κ2) is 8.54. The first kappa shape index (κ1) is 16.4. The fourth-order valence-corrected chi connectivity index (χ4v) is 2.64. The molecule has 4 nitrogen and oxygen atoms in total. The molecule has 0 radical (unpaired) electrons. The second-order valence-corrected chi connectivity index (χ2v) is 6.03. The average Bonchev–Trinajstić information content (AvgIpc) is 2.38. The zero-order chi connectivity index (χ0) is 14.3. The maximum Gasteiger partial charge on any atom is 0.221 e. The minimum atomic E-state index is 0.162. The van der Waals surface area contributed by atoms with Crippen LogP contribution in [0.5, 0.6) is 0 Å². The molecule has 4 heteroatoms. The van der Waals surface area contributed by atoms with Gasteiger partial charge in [-0.25, -0.2) is 0 Å². The van der Waals surface area contributed by atoms with Crippen molar-refractivity contribution in [3.63, 3.8) is 0 Å². The number of nitrogens with one attached hydrogen (secondary N) is 2. The van der Waals surface area contributed by atoms with Gasteiger partial charge in [-0.1, -0.05) is 6.92 Å². The van der Waals surface area contributed by atoms with Crippen LogP contribution in [-0.4, -0.2) is 49.6 Å². The van der Waals surface area contributed by atoms with Crippen molar-refractivity contribution in [2.75, 3.05) is 26.7 Å². The van der Waals surface area contributed by atoms with Crippen molar-refractivity contribution in [1.29, 1.82) is 0 Å². The normalized spacial score (nSPS) is 23.9. The molecule has 3 unspecified atom stereocenters. The standard InChI is InChI=1S/C15H31N3O/c1-5-12(2)17-15(19)8-9-16-13(3)14-7-6-10-18(4)11-14/h12-14,16H,5-11H2,1-4H3,(H,17,19). The predicted molar refractivity (Wildman–Crippen MR) is 80.2 cm³/mol. The molecule has 0 saturated carbocycles. The maximum atomic E-state index is 11.7. The Bertz CT molecular complexity index is 270. The van der Waals surface area contributed by atoms with E-state index in [2.05, 4.69) is 36.4 Å². The van der Waals surface area contributed by atoms with Gasteiger partial charge in [-0.15, -0.1) is 0 Å². The van der Waals surface area contributed by atoms with Crippen LogP contribution in [0.15, 0.2) is 0 Å². The molecule has 1 amide bonds. The van der Waals surface area contributed by atoms with Gasteiger partial charge in [0.15, 0.2) is 0 Å². The van der Waals surface area contributed by atoms with Gasteiger partial charge in [0.2, 0.25) is 5.91 Å². The first-order valence-corrected chi connectivity index (χ1v) is 7.74. The molecule has 1 rings (SSSR count). The van der Waals surface area contributed by atoms with E-state index in [0.29, 0.717) is 12.5 Å². The van der Waals surface area contributed by atoms with Crippen LogP contribution in [0.1, 0.15) is 46.5 Å². The fourth-order valence-electron chi connectivity index (χ4n) is 2.64. The summed E-state index contributed by atoms with van der Waals surface area (Å²) in [5.74, 6) is 0.881. The quantitative estimate of drug-likeness (QED) is 0.738. The Morgan fingerprint density at radius 2 is 2.16 bits per heavy atom. The Kier molecular flexibility index (Phi) is 7.39. The fraction of sp³-hybridized carbons (Fsp3) is 0.933. The van der Waals surface area contributed by atoms with Crippen molar-refractivity contribution in [3.8, 4) is 0 Å². The topological polar surface area (TPSA) is 44.4 Å². The van der Waals surface area contributed by atoms with E-state index in [9.17, 15) is 4.79 Å². The lowest BCUT2D eigenvalue weighted by molar-refractivity contribution is -0.121. The van der Waals surface area contributed by atoms with Crippen molar-refractivity contribution in [3.05, 3.63) is 0 Å². The number of piperidine rings is 1. The Hall–Kier alpha value is -0.610. The third-order valence-electron chi connectivity index (χ3n) is 4.21. The van der Waals surface area contributed by atoms with Gasteiger partial charge in [0, 0.05) is 31.6 Å². The first-order valence-electron chi connectivity index (χ1n) is 7.74.